The molecule has 14 heteroatoms. The Morgan fingerprint density at radius 1 is 1.37 bits per heavy atom. The molecule has 1 aliphatic heterocycles. The van der Waals surface area contributed by atoms with Crippen molar-refractivity contribution >= 4 is 68.9 Å². The summed E-state index contributed by atoms with van der Waals surface area (Å²) in [6.45, 7) is 0. The average molecular weight is 438 g/mol. The molecule has 2 atom stereocenters. The van der Waals surface area contributed by atoms with E-state index < -0.39 is 40.6 Å². The molecule has 1 fully saturated rings. The van der Waals surface area contributed by atoms with Crippen LogP contribution in [0.1, 0.15) is 5.69 Å². The lowest BCUT2D eigenvalue weighted by atomic mass is 9.98. The highest BCUT2D eigenvalue weighted by Gasteiger charge is 2.46. The topological polar surface area (TPSA) is 148 Å². The van der Waals surface area contributed by atoms with Crippen LogP contribution < -0.4 is 16.0 Å². The van der Waals surface area contributed by atoms with Crippen molar-refractivity contribution in [3.05, 3.63) is 11.2 Å². The zero-order valence-corrected chi connectivity index (χ0v) is 16.1. The summed E-state index contributed by atoms with van der Waals surface area (Å²) in [5.41, 5.74) is 0.975. The van der Waals surface area contributed by atoms with Gasteiger partial charge in [0.05, 0.1) is 12.6 Å². The Morgan fingerprint density at radius 3 is 2.63 bits per heavy atom. The molecule has 1 aromatic heterocycles. The summed E-state index contributed by atoms with van der Waals surface area (Å²) in [5, 5.41) is 10.8. The van der Waals surface area contributed by atoms with Crippen LogP contribution in [0.15, 0.2) is 10.7 Å². The molecule has 146 valence electrons. The highest BCUT2D eigenvalue weighted by molar-refractivity contribution is 7.14. The molecule has 3 amide bonds. The first-order valence-corrected chi connectivity index (χ1v) is 8.88. The van der Waals surface area contributed by atoms with Gasteiger partial charge in [-0.05, 0) is 0 Å². The third kappa shape index (κ3) is 4.64. The van der Waals surface area contributed by atoms with E-state index in [-0.39, 0.29) is 16.4 Å². The molecule has 3 N–H and O–H groups in total. The Bertz CT molecular complexity index is 798. The number of halogens is 2. The summed E-state index contributed by atoms with van der Waals surface area (Å²) in [6, 6.07) is -2.18. The molecule has 2 unspecified atom stereocenters. The van der Waals surface area contributed by atoms with Crippen LogP contribution >= 0.6 is 34.5 Å². The highest BCUT2D eigenvalue weighted by atomic mass is 35.5. The predicted octanol–water partition coefficient (Wildman–Crippen LogP) is -0.608. The van der Waals surface area contributed by atoms with Crippen molar-refractivity contribution in [2.24, 2.45) is 5.16 Å². The SMILES string of the molecule is CO/N=C(\C(=O)NC1C(=O)NC1C(=O)OC)c1ncsc1NC(=O)C(Cl)Cl. The van der Waals surface area contributed by atoms with Crippen molar-refractivity contribution in [2.45, 2.75) is 16.9 Å². The number of thiazole rings is 1. The number of hydrogen-bond acceptors (Lipinski definition) is 9. The number of carbonyl (C=O) groups is 4. The first-order valence-electron chi connectivity index (χ1n) is 7.13. The van der Waals surface area contributed by atoms with E-state index >= 15 is 0 Å². The first-order chi connectivity index (χ1) is 12.8. The van der Waals surface area contributed by atoms with Gasteiger partial charge in [0.15, 0.2) is 16.6 Å². The number of anilines is 1. The Balaban J connectivity index is 2.21. The van der Waals surface area contributed by atoms with E-state index in [9.17, 15) is 19.2 Å². The van der Waals surface area contributed by atoms with Crippen LogP contribution in [0.3, 0.4) is 0 Å². The second-order valence-electron chi connectivity index (χ2n) is 4.90. The van der Waals surface area contributed by atoms with Crippen LogP contribution in [-0.2, 0) is 28.8 Å². The molecule has 0 aliphatic carbocycles. The van der Waals surface area contributed by atoms with Gasteiger partial charge in [-0.3, -0.25) is 14.4 Å². The molecule has 27 heavy (non-hydrogen) atoms. The number of esters is 1. The van der Waals surface area contributed by atoms with Crippen LogP contribution in [0.2, 0.25) is 0 Å². The van der Waals surface area contributed by atoms with Crippen molar-refractivity contribution in [1.29, 1.82) is 0 Å². The maximum Gasteiger partial charge on any atom is 0.331 e. The lowest BCUT2D eigenvalue weighted by molar-refractivity contribution is -0.153. The normalized spacial score (nSPS) is 19.0. The number of nitrogens with one attached hydrogen (secondary N) is 3. The monoisotopic (exact) mass is 437 g/mol. The largest absolute Gasteiger partial charge is 0.467 e. The van der Waals surface area contributed by atoms with E-state index in [0.29, 0.717) is 0 Å². The summed E-state index contributed by atoms with van der Waals surface area (Å²) in [7, 11) is 2.34. The van der Waals surface area contributed by atoms with Crippen molar-refractivity contribution in [3.63, 3.8) is 0 Å². The van der Waals surface area contributed by atoms with Gasteiger partial charge in [0.1, 0.15) is 23.8 Å². The smallest absolute Gasteiger partial charge is 0.331 e. The first kappa shape index (κ1) is 20.9. The summed E-state index contributed by atoms with van der Waals surface area (Å²) >= 11 is 12.0. The van der Waals surface area contributed by atoms with Crippen molar-refractivity contribution in [1.82, 2.24) is 15.6 Å². The summed E-state index contributed by atoms with van der Waals surface area (Å²) < 4.78 is 4.54. The Morgan fingerprint density at radius 2 is 2.07 bits per heavy atom. The predicted molar refractivity (Wildman–Crippen MR) is 95.7 cm³/mol. The average Bonchev–Trinajstić information content (AvgIpc) is 3.08. The van der Waals surface area contributed by atoms with Gasteiger partial charge in [-0.25, -0.2) is 9.78 Å². The summed E-state index contributed by atoms with van der Waals surface area (Å²) in [5.74, 6) is -2.89. The van der Waals surface area contributed by atoms with Crippen molar-refractivity contribution in [3.8, 4) is 0 Å². The molecule has 0 bridgehead atoms. The molecular formula is C13H13Cl2N5O6S. The number of oxime groups is 1. The van der Waals surface area contributed by atoms with Crippen LogP contribution in [0.25, 0.3) is 0 Å². The van der Waals surface area contributed by atoms with Gasteiger partial charge in [0.2, 0.25) is 5.91 Å². The number of rotatable bonds is 7. The summed E-state index contributed by atoms with van der Waals surface area (Å²) in [4.78, 5) is 54.7. The lowest BCUT2D eigenvalue weighted by Gasteiger charge is -2.34. The maximum atomic E-state index is 12.6. The number of amides is 3. The molecule has 2 heterocycles. The minimum absolute atomic E-state index is 0.0315. The highest BCUT2D eigenvalue weighted by Crippen LogP contribution is 2.23. The van der Waals surface area contributed by atoms with E-state index in [1.807, 2.05) is 0 Å². The fourth-order valence-corrected chi connectivity index (χ4v) is 2.81. The Labute approximate surface area is 166 Å². The number of nitrogens with zero attached hydrogens (tertiary/aromatic N) is 2. The number of alkyl halides is 2. The van der Waals surface area contributed by atoms with E-state index in [4.69, 9.17) is 23.2 Å². The third-order valence-electron chi connectivity index (χ3n) is 3.28. The van der Waals surface area contributed by atoms with Crippen molar-refractivity contribution < 1.29 is 28.8 Å². The maximum absolute atomic E-state index is 12.6. The molecule has 0 saturated carbocycles. The van der Waals surface area contributed by atoms with Crippen LogP contribution in [-0.4, -0.2) is 65.5 Å². The lowest BCUT2D eigenvalue weighted by Crippen LogP contribution is -2.72. The number of ether oxygens (including phenoxy) is 1. The molecule has 2 rings (SSSR count). The second-order valence-corrected chi connectivity index (χ2v) is 6.85. The van der Waals surface area contributed by atoms with Gasteiger partial charge in [0.25, 0.3) is 11.8 Å². The van der Waals surface area contributed by atoms with Gasteiger partial charge < -0.3 is 25.5 Å². The van der Waals surface area contributed by atoms with Gasteiger partial charge in [-0.15, -0.1) is 11.3 Å². The number of aromatic nitrogens is 1. The molecule has 0 spiro atoms. The quantitative estimate of drug-likeness (QED) is 0.169. The number of β-lactam (4-membered cyclic amide) rings is 1. The molecule has 1 saturated heterocycles. The molecular weight excluding hydrogens is 425 g/mol. The Hall–Kier alpha value is -2.44. The van der Waals surface area contributed by atoms with Crippen LogP contribution in [0.4, 0.5) is 5.00 Å². The van der Waals surface area contributed by atoms with Crippen LogP contribution in [0, 0.1) is 0 Å². The number of hydrogen-bond donors (Lipinski definition) is 3. The van der Waals surface area contributed by atoms with E-state index in [1.165, 1.54) is 12.6 Å². The number of methoxy groups -OCH3 is 1. The zero-order chi connectivity index (χ0) is 20.1. The van der Waals surface area contributed by atoms with Gasteiger partial charge in [-0.2, -0.15) is 0 Å². The van der Waals surface area contributed by atoms with Crippen molar-refractivity contribution in [2.75, 3.05) is 19.5 Å². The van der Waals surface area contributed by atoms with Gasteiger partial charge in [-0.1, -0.05) is 28.4 Å². The van der Waals surface area contributed by atoms with Gasteiger partial charge in [0, 0.05) is 0 Å². The fourth-order valence-electron chi connectivity index (χ4n) is 2.02. The zero-order valence-electron chi connectivity index (χ0n) is 13.8. The number of carbonyl (C=O) groups excluding carboxylic acids is 4. The minimum Gasteiger partial charge on any atom is -0.467 e. The molecule has 1 aliphatic rings. The molecule has 1 aromatic rings. The fraction of sp³-hybridized carbons (Fsp3) is 0.385. The third-order valence-corrected chi connectivity index (χ3v) is 4.42. The summed E-state index contributed by atoms with van der Waals surface area (Å²) in [6.07, 6.45) is 0. The van der Waals surface area contributed by atoms with Crippen LogP contribution in [0.5, 0.6) is 0 Å². The Kier molecular flexibility index (Phi) is 6.93. The van der Waals surface area contributed by atoms with E-state index in [2.05, 4.69) is 35.7 Å². The molecule has 0 aromatic carbocycles. The van der Waals surface area contributed by atoms with E-state index in [0.717, 1.165) is 18.4 Å². The second kappa shape index (κ2) is 8.97. The minimum atomic E-state index is -1.34. The standard InChI is InChI=1S/C13H13Cl2N5O6S/c1-25-13(24)7-4(9(21)18-7)17-10(22)5(20-26-2)6-12(27-3-16-6)19-11(23)8(14)15/h3-4,7-8H,1-2H3,(H,17,22)(H,18,21)(H,19,23)/b20-5-. The van der Waals surface area contributed by atoms with E-state index in [1.54, 1.807) is 0 Å². The molecule has 0 radical (unpaired) electrons. The van der Waals surface area contributed by atoms with Gasteiger partial charge >= 0.3 is 5.97 Å². The molecule has 11 nitrogen and oxygen atoms in total.